The van der Waals surface area contributed by atoms with Crippen LogP contribution >= 0.6 is 0 Å². The molecule has 0 atom stereocenters. The van der Waals surface area contributed by atoms with Crippen LogP contribution in [0.1, 0.15) is 0 Å². The predicted octanol–water partition coefficient (Wildman–Crippen LogP) is 2.82. The highest BCUT2D eigenvalue weighted by atomic mass is 16.5. The predicted molar refractivity (Wildman–Crippen MR) is 113 cm³/mol. The van der Waals surface area contributed by atoms with Gasteiger partial charge in [-0.05, 0) is 18.2 Å². The van der Waals surface area contributed by atoms with Crippen LogP contribution in [0.15, 0.2) is 79.6 Å². The van der Waals surface area contributed by atoms with E-state index in [2.05, 4.69) is 14.5 Å². The van der Waals surface area contributed by atoms with Gasteiger partial charge in [-0.1, -0.05) is 24.3 Å². The molecule has 154 valence electrons. The largest absolute Gasteiger partial charge is 0.489 e. The molecule has 0 spiro atoms. The van der Waals surface area contributed by atoms with Crippen molar-refractivity contribution in [2.75, 3.05) is 33.0 Å². The molecule has 3 heterocycles. The number of ether oxygens (including phenoxy) is 3. The third-order valence-corrected chi connectivity index (χ3v) is 4.55. The van der Waals surface area contributed by atoms with Crippen molar-refractivity contribution in [3.05, 3.63) is 79.6 Å². The standard InChI is InChI=1S/C23H25N4O3/c1-2-9-24-22(8-1)27-12-11-26(19-27)13-14-28-15-16-29-17-18-30-21-7-3-5-20-6-4-10-25-23(20)21/h1-12,19H,13-18H2/q+1. The molecule has 1 aromatic carbocycles. The van der Waals surface area contributed by atoms with Gasteiger partial charge in [0, 0.05) is 23.8 Å². The summed E-state index contributed by atoms with van der Waals surface area (Å²) in [7, 11) is 0. The number of pyridine rings is 2. The van der Waals surface area contributed by atoms with Crippen molar-refractivity contribution in [1.82, 2.24) is 14.5 Å². The molecule has 0 radical (unpaired) electrons. The van der Waals surface area contributed by atoms with Crippen LogP contribution in [-0.4, -0.2) is 47.6 Å². The number of imidazole rings is 1. The number of benzene rings is 1. The van der Waals surface area contributed by atoms with E-state index in [1.165, 1.54) is 0 Å². The summed E-state index contributed by atoms with van der Waals surface area (Å²) in [5, 5.41) is 1.07. The lowest BCUT2D eigenvalue weighted by Gasteiger charge is -2.09. The second-order valence-corrected chi connectivity index (χ2v) is 6.65. The van der Waals surface area contributed by atoms with Crippen LogP contribution in [0.3, 0.4) is 0 Å². The molecule has 0 saturated carbocycles. The quantitative estimate of drug-likeness (QED) is 0.284. The molecule has 7 nitrogen and oxygen atoms in total. The molecule has 4 rings (SSSR count). The summed E-state index contributed by atoms with van der Waals surface area (Å²) >= 11 is 0. The van der Waals surface area contributed by atoms with Crippen LogP contribution < -0.4 is 9.30 Å². The van der Waals surface area contributed by atoms with Crippen LogP contribution in [0.5, 0.6) is 5.75 Å². The maximum Gasteiger partial charge on any atom is 0.250 e. The average molecular weight is 405 g/mol. The first-order valence-corrected chi connectivity index (χ1v) is 10.0. The van der Waals surface area contributed by atoms with Crippen molar-refractivity contribution in [1.29, 1.82) is 0 Å². The summed E-state index contributed by atoms with van der Waals surface area (Å²) in [5.74, 6) is 1.68. The molecule has 0 amide bonds. The molecule has 30 heavy (non-hydrogen) atoms. The van der Waals surface area contributed by atoms with Crippen molar-refractivity contribution in [3.8, 4) is 11.6 Å². The molecule has 0 aliphatic rings. The van der Waals surface area contributed by atoms with Crippen molar-refractivity contribution in [3.63, 3.8) is 0 Å². The van der Waals surface area contributed by atoms with Crippen LogP contribution in [-0.2, 0) is 16.0 Å². The smallest absolute Gasteiger partial charge is 0.250 e. The van der Waals surface area contributed by atoms with Crippen molar-refractivity contribution < 1.29 is 18.8 Å². The monoisotopic (exact) mass is 405 g/mol. The maximum atomic E-state index is 5.80. The zero-order valence-electron chi connectivity index (χ0n) is 16.8. The highest BCUT2D eigenvalue weighted by molar-refractivity contribution is 5.84. The summed E-state index contributed by atoms with van der Waals surface area (Å²) in [4.78, 5) is 8.71. The Morgan fingerprint density at radius 1 is 0.800 bits per heavy atom. The summed E-state index contributed by atoms with van der Waals surface area (Å²) in [6.45, 7) is 3.48. The lowest BCUT2D eigenvalue weighted by molar-refractivity contribution is -0.697. The number of hydrogen-bond donors (Lipinski definition) is 0. The Morgan fingerprint density at radius 3 is 2.53 bits per heavy atom. The van der Waals surface area contributed by atoms with Crippen molar-refractivity contribution >= 4 is 10.9 Å². The zero-order valence-corrected chi connectivity index (χ0v) is 16.8. The Bertz CT molecular complexity index is 1050. The second kappa shape index (κ2) is 10.5. The SMILES string of the molecule is c1ccc(-n2cc[n+](CCOCCOCCOc3cccc4cccnc34)c2)nc1. The molecule has 0 saturated heterocycles. The van der Waals surface area contributed by atoms with Crippen molar-refractivity contribution in [2.45, 2.75) is 6.54 Å². The summed E-state index contributed by atoms with van der Waals surface area (Å²) in [6.07, 6.45) is 9.55. The molecule has 0 N–H and O–H groups in total. The zero-order chi connectivity index (χ0) is 20.4. The third-order valence-electron chi connectivity index (χ3n) is 4.55. The first-order valence-electron chi connectivity index (χ1n) is 10.0. The number of rotatable bonds is 11. The Balaban J connectivity index is 1.08. The first-order chi connectivity index (χ1) is 14.9. The van der Waals surface area contributed by atoms with Gasteiger partial charge in [-0.2, -0.15) is 4.57 Å². The second-order valence-electron chi connectivity index (χ2n) is 6.65. The number of fused-ring (bicyclic) bond motifs is 1. The number of aromatic nitrogens is 4. The topological polar surface area (TPSA) is 62.3 Å². The highest BCUT2D eigenvalue weighted by Gasteiger charge is 2.06. The lowest BCUT2D eigenvalue weighted by atomic mass is 10.2. The number of nitrogens with zero attached hydrogens (tertiary/aromatic N) is 4. The van der Waals surface area contributed by atoms with Crippen LogP contribution in [0.4, 0.5) is 0 Å². The maximum absolute atomic E-state index is 5.80. The molecule has 0 unspecified atom stereocenters. The summed E-state index contributed by atoms with van der Waals surface area (Å²) < 4.78 is 21.1. The fourth-order valence-electron chi connectivity index (χ4n) is 3.06. The molecule has 0 bridgehead atoms. The van der Waals surface area contributed by atoms with E-state index in [9.17, 15) is 0 Å². The van der Waals surface area contributed by atoms with Gasteiger partial charge in [0.25, 0.3) is 0 Å². The Morgan fingerprint density at radius 2 is 1.63 bits per heavy atom. The minimum atomic E-state index is 0.479. The van der Waals surface area contributed by atoms with Gasteiger partial charge in [-0.15, -0.1) is 0 Å². The van der Waals surface area contributed by atoms with Gasteiger partial charge in [0.1, 0.15) is 36.8 Å². The molecule has 4 aromatic rings. The van der Waals surface area contributed by atoms with Crippen molar-refractivity contribution in [2.24, 2.45) is 0 Å². The minimum Gasteiger partial charge on any atom is -0.489 e. The fraction of sp³-hybridized carbons (Fsp3) is 0.261. The van der Waals surface area contributed by atoms with Crippen LogP contribution in [0, 0.1) is 0 Å². The van der Waals surface area contributed by atoms with E-state index in [1.54, 1.807) is 12.4 Å². The van der Waals surface area contributed by atoms with Gasteiger partial charge in [0.05, 0.1) is 26.4 Å². The molecule has 3 aromatic heterocycles. The van der Waals surface area contributed by atoms with Gasteiger partial charge in [-0.3, -0.25) is 4.98 Å². The Hall–Kier alpha value is -3.29. The van der Waals surface area contributed by atoms with Gasteiger partial charge in [0.2, 0.25) is 12.1 Å². The van der Waals surface area contributed by atoms with E-state index in [4.69, 9.17) is 14.2 Å². The van der Waals surface area contributed by atoms with E-state index in [-0.39, 0.29) is 0 Å². The number of hydrogen-bond acceptors (Lipinski definition) is 5. The van der Waals surface area contributed by atoms with E-state index in [0.717, 1.165) is 29.0 Å². The van der Waals surface area contributed by atoms with Crippen LogP contribution in [0.25, 0.3) is 16.7 Å². The van der Waals surface area contributed by atoms with E-state index in [1.807, 2.05) is 71.8 Å². The van der Waals surface area contributed by atoms with Gasteiger partial charge >= 0.3 is 0 Å². The first kappa shape index (κ1) is 20.0. The molecular formula is C23H25N4O3+. The van der Waals surface area contributed by atoms with Gasteiger partial charge in [0.15, 0.2) is 0 Å². The summed E-state index contributed by atoms with van der Waals surface area (Å²) in [5.41, 5.74) is 0.873. The average Bonchev–Trinajstić information content (AvgIpc) is 3.28. The Labute approximate surface area is 175 Å². The van der Waals surface area contributed by atoms with E-state index < -0.39 is 0 Å². The molecule has 0 fully saturated rings. The lowest BCUT2D eigenvalue weighted by Crippen LogP contribution is -2.33. The third kappa shape index (κ3) is 5.40. The van der Waals surface area contributed by atoms with E-state index >= 15 is 0 Å². The molecule has 0 aliphatic carbocycles. The molecule has 7 heteroatoms. The van der Waals surface area contributed by atoms with Crippen LogP contribution in [0.2, 0.25) is 0 Å². The fourth-order valence-corrected chi connectivity index (χ4v) is 3.06. The van der Waals surface area contributed by atoms with Gasteiger partial charge in [-0.25, -0.2) is 9.55 Å². The van der Waals surface area contributed by atoms with Gasteiger partial charge < -0.3 is 14.2 Å². The number of para-hydroxylation sites is 1. The Kier molecular flexibility index (Phi) is 6.98. The molecular weight excluding hydrogens is 380 g/mol. The van der Waals surface area contributed by atoms with E-state index in [0.29, 0.717) is 33.0 Å². The highest BCUT2D eigenvalue weighted by Crippen LogP contribution is 2.22. The molecule has 0 aliphatic heterocycles. The summed E-state index contributed by atoms with van der Waals surface area (Å²) in [6, 6.07) is 15.7. The minimum absolute atomic E-state index is 0.479. The normalized spacial score (nSPS) is 11.1.